The molecule has 39 heavy (non-hydrogen) atoms. The Morgan fingerprint density at radius 3 is 2.69 bits per heavy atom. The second kappa shape index (κ2) is 10.4. The topological polar surface area (TPSA) is 99.7 Å². The standard InChI is InChI=1S/C31H23N7O/c1-2-8-30(39)36-29-17-25-27(19-32-29)33-20-34-31(25)38(24-13-14-26-23(16-24)18-35-37-26)28-12-7-6-11-22(28)15-21-9-4-3-5-10-21/h3-14,16-20H,1,15H2,(H,35,37)(H,32,36,39). The molecule has 0 radical (unpaired) electrons. The number of rotatable bonds is 7. The van der Waals surface area contributed by atoms with Gasteiger partial charge < -0.3 is 5.32 Å². The summed E-state index contributed by atoms with van der Waals surface area (Å²) in [5.74, 6) is 0.657. The van der Waals surface area contributed by atoms with E-state index in [1.54, 1.807) is 18.5 Å². The van der Waals surface area contributed by atoms with Gasteiger partial charge in [0.05, 0.1) is 29.1 Å². The quantitative estimate of drug-likeness (QED) is 0.195. The molecule has 8 nitrogen and oxygen atoms in total. The first-order valence-electron chi connectivity index (χ1n) is 12.3. The lowest BCUT2D eigenvalue weighted by Gasteiger charge is -2.27. The number of hydrogen-bond donors (Lipinski definition) is 2. The molecule has 0 saturated carbocycles. The van der Waals surface area contributed by atoms with Gasteiger partial charge in [-0.25, -0.2) is 15.0 Å². The predicted molar refractivity (Wildman–Crippen MR) is 153 cm³/mol. The van der Waals surface area contributed by atoms with Crippen molar-refractivity contribution in [1.82, 2.24) is 25.1 Å². The van der Waals surface area contributed by atoms with Crippen LogP contribution in [0.4, 0.5) is 23.0 Å². The van der Waals surface area contributed by atoms with E-state index >= 15 is 0 Å². The molecule has 0 fully saturated rings. The molecule has 0 aliphatic carbocycles. The molecule has 8 heteroatoms. The van der Waals surface area contributed by atoms with E-state index in [1.807, 2.05) is 42.5 Å². The van der Waals surface area contributed by atoms with Crippen LogP contribution in [-0.4, -0.2) is 31.1 Å². The average Bonchev–Trinajstić information content (AvgIpc) is 3.43. The molecule has 0 saturated heterocycles. The van der Waals surface area contributed by atoms with Crippen molar-refractivity contribution in [3.8, 4) is 0 Å². The molecule has 3 aromatic carbocycles. The van der Waals surface area contributed by atoms with Crippen LogP contribution in [0.15, 0.2) is 116 Å². The minimum atomic E-state index is -0.370. The molecule has 6 rings (SSSR count). The number of pyridine rings is 1. The monoisotopic (exact) mass is 509 g/mol. The summed E-state index contributed by atoms with van der Waals surface area (Å²) in [4.78, 5) is 27.8. The number of hydrogen-bond acceptors (Lipinski definition) is 6. The van der Waals surface area contributed by atoms with Crippen LogP contribution in [0.1, 0.15) is 11.1 Å². The maximum atomic E-state index is 12.2. The van der Waals surface area contributed by atoms with E-state index < -0.39 is 0 Å². The zero-order valence-corrected chi connectivity index (χ0v) is 20.9. The second-order valence-electron chi connectivity index (χ2n) is 8.89. The van der Waals surface area contributed by atoms with Crippen molar-refractivity contribution in [3.63, 3.8) is 0 Å². The van der Waals surface area contributed by atoms with Crippen molar-refractivity contribution in [2.45, 2.75) is 6.42 Å². The third kappa shape index (κ3) is 4.87. The van der Waals surface area contributed by atoms with E-state index in [9.17, 15) is 4.79 Å². The van der Waals surface area contributed by atoms with Gasteiger partial charge in [0.25, 0.3) is 5.91 Å². The van der Waals surface area contributed by atoms with E-state index in [0.717, 1.165) is 39.6 Å². The van der Waals surface area contributed by atoms with Gasteiger partial charge in [-0.1, -0.05) is 55.1 Å². The van der Waals surface area contributed by atoms with Crippen LogP contribution >= 0.6 is 0 Å². The fourth-order valence-electron chi connectivity index (χ4n) is 4.59. The predicted octanol–water partition coefficient (Wildman–Crippen LogP) is 6.24. The van der Waals surface area contributed by atoms with Gasteiger partial charge in [-0.05, 0) is 47.9 Å². The molecule has 6 aromatic rings. The third-order valence-corrected chi connectivity index (χ3v) is 6.35. The lowest BCUT2D eigenvalue weighted by atomic mass is 10.0. The van der Waals surface area contributed by atoms with Gasteiger partial charge in [0.15, 0.2) is 0 Å². The Balaban J connectivity index is 1.56. The number of para-hydroxylation sites is 1. The van der Waals surface area contributed by atoms with Gasteiger partial charge >= 0.3 is 0 Å². The molecular formula is C31H23N7O. The first-order valence-corrected chi connectivity index (χ1v) is 12.3. The highest BCUT2D eigenvalue weighted by Gasteiger charge is 2.21. The van der Waals surface area contributed by atoms with Crippen LogP contribution in [0.3, 0.4) is 0 Å². The number of anilines is 4. The van der Waals surface area contributed by atoms with Crippen LogP contribution in [0, 0.1) is 0 Å². The van der Waals surface area contributed by atoms with Crippen molar-refractivity contribution < 1.29 is 4.79 Å². The molecule has 3 heterocycles. The zero-order chi connectivity index (χ0) is 26.6. The Morgan fingerprint density at radius 1 is 0.974 bits per heavy atom. The smallest absolute Gasteiger partial charge is 0.257 e. The van der Waals surface area contributed by atoms with Crippen molar-refractivity contribution >= 4 is 50.7 Å². The van der Waals surface area contributed by atoms with Gasteiger partial charge in [0.2, 0.25) is 0 Å². The Morgan fingerprint density at radius 2 is 1.82 bits per heavy atom. The largest absolute Gasteiger partial charge is 0.307 e. The maximum absolute atomic E-state index is 12.2. The number of nitrogens with one attached hydrogen (secondary N) is 2. The molecule has 0 bridgehead atoms. The Bertz CT molecular complexity index is 1860. The normalized spacial score (nSPS) is 10.8. The Kier molecular flexibility index (Phi) is 6.35. The molecule has 188 valence electrons. The Hall–Kier alpha value is -5.59. The van der Waals surface area contributed by atoms with Crippen molar-refractivity contribution in [2.24, 2.45) is 0 Å². The summed E-state index contributed by atoms with van der Waals surface area (Å²) < 4.78 is 0. The molecular weight excluding hydrogens is 486 g/mol. The molecule has 0 aliphatic rings. The van der Waals surface area contributed by atoms with Crippen LogP contribution in [0.25, 0.3) is 21.8 Å². The molecule has 2 N–H and O–H groups in total. The van der Waals surface area contributed by atoms with E-state index in [4.69, 9.17) is 4.98 Å². The zero-order valence-electron chi connectivity index (χ0n) is 20.9. The summed E-state index contributed by atoms with van der Waals surface area (Å²) >= 11 is 0. The number of carbonyl (C=O) groups is 1. The number of aromatic nitrogens is 5. The van der Waals surface area contributed by atoms with Gasteiger partial charge in [-0.2, -0.15) is 5.10 Å². The Labute approximate surface area is 224 Å². The molecule has 0 atom stereocenters. The number of H-pyrrole nitrogens is 1. The second-order valence-corrected chi connectivity index (χ2v) is 8.89. The highest BCUT2D eigenvalue weighted by molar-refractivity contribution is 6.01. The van der Waals surface area contributed by atoms with E-state index in [2.05, 4.69) is 73.0 Å². The molecule has 1 amide bonds. The highest BCUT2D eigenvalue weighted by atomic mass is 16.1. The molecule has 0 aliphatic heterocycles. The minimum Gasteiger partial charge on any atom is -0.307 e. The lowest BCUT2D eigenvalue weighted by molar-refractivity contribution is -0.111. The van der Waals surface area contributed by atoms with E-state index in [-0.39, 0.29) is 5.91 Å². The summed E-state index contributed by atoms with van der Waals surface area (Å²) in [5, 5.41) is 11.7. The van der Waals surface area contributed by atoms with Crippen LogP contribution in [-0.2, 0) is 11.2 Å². The maximum Gasteiger partial charge on any atom is 0.257 e. The summed E-state index contributed by atoms with van der Waals surface area (Å²) in [5.41, 5.74) is 8.27. The first-order chi connectivity index (χ1) is 19.2. The fourth-order valence-corrected chi connectivity index (χ4v) is 4.59. The third-order valence-electron chi connectivity index (χ3n) is 6.35. The number of benzene rings is 3. The summed E-state index contributed by atoms with van der Waals surface area (Å²) in [7, 11) is 0. The molecule has 0 spiro atoms. The van der Waals surface area contributed by atoms with Crippen LogP contribution in [0.5, 0.6) is 0 Å². The SMILES string of the molecule is C=C=CC(=O)Nc1cc2c(N(c3ccc4[nH]ncc4c3)c3ccccc3Cc3ccccc3)ncnc2cn1. The van der Waals surface area contributed by atoms with Gasteiger partial charge in [-0.15, -0.1) is 5.73 Å². The average molecular weight is 510 g/mol. The number of nitrogens with zero attached hydrogens (tertiary/aromatic N) is 5. The summed E-state index contributed by atoms with van der Waals surface area (Å²) in [6.07, 6.45) is 6.92. The minimum absolute atomic E-state index is 0.370. The van der Waals surface area contributed by atoms with Gasteiger partial charge in [-0.3, -0.25) is 14.8 Å². The summed E-state index contributed by atoms with van der Waals surface area (Å²) in [6.45, 7) is 3.46. The first kappa shape index (κ1) is 23.8. The van der Waals surface area contributed by atoms with Gasteiger partial charge in [0.1, 0.15) is 18.0 Å². The lowest BCUT2D eigenvalue weighted by Crippen LogP contribution is -2.15. The molecule has 3 aromatic heterocycles. The fraction of sp³-hybridized carbons (Fsp3) is 0.0323. The van der Waals surface area contributed by atoms with Crippen LogP contribution < -0.4 is 10.2 Å². The van der Waals surface area contributed by atoms with Crippen LogP contribution in [0.2, 0.25) is 0 Å². The number of carbonyl (C=O) groups excluding carboxylic acids is 1. The van der Waals surface area contributed by atoms with Gasteiger partial charge in [0, 0.05) is 22.5 Å². The van der Waals surface area contributed by atoms with Crippen molar-refractivity contribution in [1.29, 1.82) is 0 Å². The van der Waals surface area contributed by atoms with E-state index in [0.29, 0.717) is 17.2 Å². The summed E-state index contributed by atoms with van der Waals surface area (Å²) in [6, 6.07) is 26.5. The van der Waals surface area contributed by atoms with Crippen molar-refractivity contribution in [3.05, 3.63) is 127 Å². The number of aromatic amines is 1. The highest BCUT2D eigenvalue weighted by Crippen LogP contribution is 2.40. The number of fused-ring (bicyclic) bond motifs is 2. The molecule has 0 unspecified atom stereocenters. The number of amides is 1. The van der Waals surface area contributed by atoms with E-state index in [1.165, 1.54) is 18.0 Å². The van der Waals surface area contributed by atoms with Crippen molar-refractivity contribution in [2.75, 3.05) is 10.2 Å².